The SMILES string of the molecule is COc1ccc2c(c1)N1CCN(c3ccccn3)C[C@H]1[C@H](C(=O)NC(C)C)C2. The number of ether oxygens (including phenoxy) is 1. The summed E-state index contributed by atoms with van der Waals surface area (Å²) < 4.78 is 5.45. The average molecular weight is 380 g/mol. The summed E-state index contributed by atoms with van der Waals surface area (Å²) in [5, 5.41) is 3.13. The van der Waals surface area contributed by atoms with Crippen LogP contribution in [0.5, 0.6) is 5.75 Å². The molecule has 2 aromatic rings. The Morgan fingerprint density at radius 1 is 1.25 bits per heavy atom. The van der Waals surface area contributed by atoms with E-state index in [1.54, 1.807) is 7.11 Å². The number of benzene rings is 1. The number of aromatic nitrogens is 1. The molecule has 1 fully saturated rings. The summed E-state index contributed by atoms with van der Waals surface area (Å²) >= 11 is 0. The molecule has 0 aliphatic carbocycles. The lowest BCUT2D eigenvalue weighted by atomic mass is 9.83. The largest absolute Gasteiger partial charge is 0.497 e. The summed E-state index contributed by atoms with van der Waals surface area (Å²) in [4.78, 5) is 22.2. The molecule has 1 saturated heterocycles. The number of fused-ring (bicyclic) bond motifs is 3. The molecule has 2 aliphatic rings. The highest BCUT2D eigenvalue weighted by atomic mass is 16.5. The lowest BCUT2D eigenvalue weighted by Gasteiger charge is -2.49. The van der Waals surface area contributed by atoms with E-state index in [0.717, 1.165) is 37.6 Å². The molecule has 2 atom stereocenters. The maximum atomic E-state index is 13.0. The van der Waals surface area contributed by atoms with Gasteiger partial charge in [-0.1, -0.05) is 12.1 Å². The zero-order valence-corrected chi connectivity index (χ0v) is 16.8. The van der Waals surface area contributed by atoms with Crippen LogP contribution in [0, 0.1) is 5.92 Å². The molecule has 6 nitrogen and oxygen atoms in total. The number of carbonyl (C=O) groups excluding carboxylic acids is 1. The Bertz CT molecular complexity index is 840. The molecule has 0 radical (unpaired) electrons. The van der Waals surface area contributed by atoms with Gasteiger partial charge in [-0.3, -0.25) is 4.79 Å². The van der Waals surface area contributed by atoms with Gasteiger partial charge in [0.05, 0.1) is 19.1 Å². The minimum absolute atomic E-state index is 0.0881. The van der Waals surface area contributed by atoms with E-state index in [-0.39, 0.29) is 23.9 Å². The monoisotopic (exact) mass is 380 g/mol. The van der Waals surface area contributed by atoms with Crippen molar-refractivity contribution in [3.63, 3.8) is 0 Å². The zero-order chi connectivity index (χ0) is 19.7. The average Bonchev–Trinajstić information content (AvgIpc) is 2.72. The second-order valence-corrected chi connectivity index (χ2v) is 7.86. The van der Waals surface area contributed by atoms with E-state index in [1.165, 1.54) is 11.3 Å². The van der Waals surface area contributed by atoms with Crippen molar-refractivity contribution in [3.05, 3.63) is 48.2 Å². The van der Waals surface area contributed by atoms with Gasteiger partial charge in [-0.2, -0.15) is 0 Å². The van der Waals surface area contributed by atoms with Gasteiger partial charge in [0.2, 0.25) is 5.91 Å². The molecule has 1 N–H and O–H groups in total. The first-order chi connectivity index (χ1) is 13.6. The molecule has 28 heavy (non-hydrogen) atoms. The number of nitrogens with one attached hydrogen (secondary N) is 1. The fourth-order valence-electron chi connectivity index (χ4n) is 4.34. The molecule has 1 aromatic carbocycles. The first-order valence-electron chi connectivity index (χ1n) is 9.96. The van der Waals surface area contributed by atoms with Crippen LogP contribution in [-0.2, 0) is 11.2 Å². The Kier molecular flexibility index (Phi) is 5.11. The summed E-state index contributed by atoms with van der Waals surface area (Å²) in [6.07, 6.45) is 2.57. The number of hydrogen-bond acceptors (Lipinski definition) is 5. The quantitative estimate of drug-likeness (QED) is 0.883. The second kappa shape index (κ2) is 7.70. The van der Waals surface area contributed by atoms with Crippen LogP contribution in [0.4, 0.5) is 11.5 Å². The Hall–Kier alpha value is -2.76. The third kappa shape index (κ3) is 3.51. The number of carbonyl (C=O) groups is 1. The van der Waals surface area contributed by atoms with E-state index in [9.17, 15) is 4.79 Å². The van der Waals surface area contributed by atoms with Gasteiger partial charge < -0.3 is 19.9 Å². The molecule has 148 valence electrons. The zero-order valence-electron chi connectivity index (χ0n) is 16.8. The smallest absolute Gasteiger partial charge is 0.225 e. The molecule has 3 heterocycles. The maximum Gasteiger partial charge on any atom is 0.225 e. The number of hydrogen-bond donors (Lipinski definition) is 1. The van der Waals surface area contributed by atoms with Crippen LogP contribution >= 0.6 is 0 Å². The highest BCUT2D eigenvalue weighted by Gasteiger charge is 2.42. The molecular formula is C22H28N4O2. The first kappa shape index (κ1) is 18.6. The number of rotatable bonds is 4. The molecule has 6 heteroatoms. The molecular weight excluding hydrogens is 352 g/mol. The van der Waals surface area contributed by atoms with E-state index in [0.29, 0.717) is 0 Å². The number of amides is 1. The summed E-state index contributed by atoms with van der Waals surface area (Å²) in [7, 11) is 1.69. The van der Waals surface area contributed by atoms with Crippen LogP contribution in [0.1, 0.15) is 19.4 Å². The summed E-state index contributed by atoms with van der Waals surface area (Å²) in [6.45, 7) is 6.54. The third-order valence-corrected chi connectivity index (χ3v) is 5.67. The van der Waals surface area contributed by atoms with Crippen molar-refractivity contribution < 1.29 is 9.53 Å². The highest BCUT2D eigenvalue weighted by Crippen LogP contribution is 2.38. The molecule has 0 spiro atoms. The van der Waals surface area contributed by atoms with Gasteiger partial charge in [-0.15, -0.1) is 0 Å². The van der Waals surface area contributed by atoms with Crippen molar-refractivity contribution in [3.8, 4) is 5.75 Å². The van der Waals surface area contributed by atoms with Gasteiger partial charge in [0, 0.05) is 43.6 Å². The lowest BCUT2D eigenvalue weighted by Crippen LogP contribution is -2.61. The van der Waals surface area contributed by atoms with Crippen LogP contribution < -0.4 is 19.9 Å². The van der Waals surface area contributed by atoms with Gasteiger partial charge in [0.15, 0.2) is 0 Å². The van der Waals surface area contributed by atoms with Gasteiger partial charge >= 0.3 is 0 Å². The van der Waals surface area contributed by atoms with E-state index >= 15 is 0 Å². The van der Waals surface area contributed by atoms with E-state index in [1.807, 2.05) is 44.3 Å². The Labute approximate surface area is 166 Å². The number of pyridine rings is 1. The van der Waals surface area contributed by atoms with Crippen molar-refractivity contribution >= 4 is 17.4 Å². The predicted octanol–water partition coefficient (Wildman–Crippen LogP) is 2.48. The summed E-state index contributed by atoms with van der Waals surface area (Å²) in [6, 6.07) is 12.4. The minimum Gasteiger partial charge on any atom is -0.497 e. The van der Waals surface area contributed by atoms with Gasteiger partial charge in [-0.25, -0.2) is 4.98 Å². The van der Waals surface area contributed by atoms with Crippen molar-refractivity contribution in [1.82, 2.24) is 10.3 Å². The van der Waals surface area contributed by atoms with E-state index in [4.69, 9.17) is 4.74 Å². The van der Waals surface area contributed by atoms with Gasteiger partial charge in [0.1, 0.15) is 11.6 Å². The predicted molar refractivity (Wildman–Crippen MR) is 111 cm³/mol. The highest BCUT2D eigenvalue weighted by molar-refractivity contribution is 5.82. The summed E-state index contributed by atoms with van der Waals surface area (Å²) in [5.74, 6) is 1.88. The van der Waals surface area contributed by atoms with Crippen LogP contribution in [0.25, 0.3) is 0 Å². The summed E-state index contributed by atoms with van der Waals surface area (Å²) in [5.41, 5.74) is 2.41. The van der Waals surface area contributed by atoms with Crippen molar-refractivity contribution in [1.29, 1.82) is 0 Å². The fourth-order valence-corrected chi connectivity index (χ4v) is 4.34. The first-order valence-corrected chi connectivity index (χ1v) is 9.96. The standard InChI is InChI=1S/C22H28N4O2/c1-15(2)24-22(27)18-12-16-7-8-17(28-3)13-19(16)26-11-10-25(14-20(18)26)21-6-4-5-9-23-21/h4-9,13,15,18,20H,10-12,14H2,1-3H3,(H,24,27)/t18-,20+/m1/s1. The van der Waals surface area contributed by atoms with Crippen LogP contribution in [0.3, 0.4) is 0 Å². The van der Waals surface area contributed by atoms with Gasteiger partial charge in [0.25, 0.3) is 0 Å². The molecule has 1 aromatic heterocycles. The normalized spacial score (nSPS) is 21.1. The molecule has 4 rings (SSSR count). The fraction of sp³-hybridized carbons (Fsp3) is 0.455. The lowest BCUT2D eigenvalue weighted by molar-refractivity contribution is -0.126. The third-order valence-electron chi connectivity index (χ3n) is 5.67. The number of methoxy groups -OCH3 is 1. The molecule has 0 unspecified atom stereocenters. The Morgan fingerprint density at radius 2 is 2.11 bits per heavy atom. The maximum absolute atomic E-state index is 13.0. The Morgan fingerprint density at radius 3 is 2.82 bits per heavy atom. The van der Waals surface area contributed by atoms with Crippen LogP contribution in [0.15, 0.2) is 42.6 Å². The minimum atomic E-state index is -0.0881. The molecule has 0 saturated carbocycles. The topological polar surface area (TPSA) is 57.7 Å². The molecule has 0 bridgehead atoms. The molecule has 1 amide bonds. The van der Waals surface area contributed by atoms with E-state index < -0.39 is 0 Å². The van der Waals surface area contributed by atoms with Crippen LogP contribution in [-0.4, -0.2) is 49.7 Å². The van der Waals surface area contributed by atoms with E-state index in [2.05, 4.69) is 32.2 Å². The van der Waals surface area contributed by atoms with Crippen LogP contribution in [0.2, 0.25) is 0 Å². The van der Waals surface area contributed by atoms with Crippen molar-refractivity contribution in [2.24, 2.45) is 5.92 Å². The second-order valence-electron chi connectivity index (χ2n) is 7.86. The van der Waals surface area contributed by atoms with Crippen molar-refractivity contribution in [2.45, 2.75) is 32.4 Å². The van der Waals surface area contributed by atoms with Gasteiger partial charge in [-0.05, 0) is 44.0 Å². The Balaban J connectivity index is 1.67. The molecule has 2 aliphatic heterocycles. The number of piperazine rings is 1. The number of nitrogens with zero attached hydrogens (tertiary/aromatic N) is 3. The number of anilines is 2. The van der Waals surface area contributed by atoms with Crippen molar-refractivity contribution in [2.75, 3.05) is 36.5 Å².